The predicted molar refractivity (Wildman–Crippen MR) is 110 cm³/mol. The number of rotatable bonds is 15. The minimum absolute atomic E-state index is 0.745. The minimum Gasteiger partial charge on any atom is -0.103 e. The molecule has 0 aliphatic carbocycles. The summed E-state index contributed by atoms with van der Waals surface area (Å²) in [6.07, 6.45) is 19.9. The lowest BCUT2D eigenvalue weighted by molar-refractivity contribution is 0.501. The topological polar surface area (TPSA) is 0 Å². The van der Waals surface area contributed by atoms with Crippen LogP contribution in [0, 0.1) is 6.92 Å². The third-order valence-corrected chi connectivity index (χ3v) is 5.17. The Hall–Kier alpha value is -1.04. The Morgan fingerprint density at radius 2 is 1.33 bits per heavy atom. The third kappa shape index (κ3) is 9.96. The van der Waals surface area contributed by atoms with Crippen molar-refractivity contribution < 1.29 is 0 Å². The van der Waals surface area contributed by atoms with Crippen LogP contribution >= 0.6 is 0 Å². The van der Waals surface area contributed by atoms with Gasteiger partial charge < -0.3 is 0 Å². The second kappa shape index (κ2) is 14.3. The van der Waals surface area contributed by atoms with E-state index in [9.17, 15) is 0 Å². The number of hydrogen-bond acceptors (Lipinski definition) is 0. The third-order valence-electron chi connectivity index (χ3n) is 5.17. The van der Waals surface area contributed by atoms with Crippen molar-refractivity contribution in [3.05, 3.63) is 48.0 Å². The second-order valence-corrected chi connectivity index (χ2v) is 7.44. The fraction of sp³-hybridized carbons (Fsp3) is 0.667. The number of allylic oxidation sites excluding steroid dienone is 1. The summed E-state index contributed by atoms with van der Waals surface area (Å²) >= 11 is 0. The molecule has 0 unspecified atom stereocenters. The Labute approximate surface area is 151 Å². The van der Waals surface area contributed by atoms with Crippen LogP contribution in [0.15, 0.2) is 36.9 Å². The fourth-order valence-corrected chi connectivity index (χ4v) is 3.53. The number of benzene rings is 1. The first-order valence-electron chi connectivity index (χ1n) is 10.5. The van der Waals surface area contributed by atoms with Crippen molar-refractivity contribution in [2.24, 2.45) is 0 Å². The lowest BCUT2D eigenvalue weighted by Gasteiger charge is -2.17. The first-order chi connectivity index (χ1) is 11.8. The van der Waals surface area contributed by atoms with Crippen molar-refractivity contribution in [1.82, 2.24) is 0 Å². The van der Waals surface area contributed by atoms with Gasteiger partial charge in [-0.3, -0.25) is 0 Å². The molecule has 1 rings (SSSR count). The molecule has 24 heavy (non-hydrogen) atoms. The van der Waals surface area contributed by atoms with Gasteiger partial charge in [0.1, 0.15) is 0 Å². The number of unbranched alkanes of at least 4 members (excludes halogenated alkanes) is 9. The Morgan fingerprint density at radius 1 is 0.792 bits per heavy atom. The van der Waals surface area contributed by atoms with Gasteiger partial charge in [-0.2, -0.15) is 0 Å². The minimum atomic E-state index is 0.745. The van der Waals surface area contributed by atoms with Crippen LogP contribution in [0.1, 0.15) is 107 Å². The highest BCUT2D eigenvalue weighted by Gasteiger charge is 2.10. The summed E-state index contributed by atoms with van der Waals surface area (Å²) in [7, 11) is 0. The van der Waals surface area contributed by atoms with Gasteiger partial charge in [-0.15, -0.1) is 6.58 Å². The predicted octanol–water partition coefficient (Wildman–Crippen LogP) is 8.36. The van der Waals surface area contributed by atoms with Gasteiger partial charge in [0.15, 0.2) is 0 Å². The summed E-state index contributed by atoms with van der Waals surface area (Å²) in [4.78, 5) is 0. The summed E-state index contributed by atoms with van der Waals surface area (Å²) in [6.45, 7) is 8.33. The molecule has 0 aliphatic rings. The largest absolute Gasteiger partial charge is 0.103 e. The Bertz CT molecular complexity index is 401. The van der Waals surface area contributed by atoms with Gasteiger partial charge in [0, 0.05) is 0 Å². The molecule has 0 N–H and O–H groups in total. The molecule has 0 fully saturated rings. The molecule has 0 spiro atoms. The van der Waals surface area contributed by atoms with Crippen LogP contribution < -0.4 is 0 Å². The molecule has 0 radical (unpaired) electrons. The summed E-state index contributed by atoms with van der Waals surface area (Å²) < 4.78 is 0. The average Bonchev–Trinajstić information content (AvgIpc) is 2.60. The van der Waals surface area contributed by atoms with Crippen LogP contribution in [0.2, 0.25) is 0 Å². The molecule has 0 heteroatoms. The monoisotopic (exact) mass is 328 g/mol. The van der Waals surface area contributed by atoms with Gasteiger partial charge in [-0.25, -0.2) is 0 Å². The molecule has 1 atom stereocenters. The zero-order chi connectivity index (χ0) is 17.5. The lowest BCUT2D eigenvalue weighted by atomic mass is 9.88. The van der Waals surface area contributed by atoms with Crippen LogP contribution in [-0.2, 0) is 0 Å². The van der Waals surface area contributed by atoms with Crippen molar-refractivity contribution in [1.29, 1.82) is 0 Å². The average molecular weight is 329 g/mol. The van der Waals surface area contributed by atoms with Gasteiger partial charge in [0.25, 0.3) is 0 Å². The normalized spacial score (nSPS) is 12.2. The summed E-state index contributed by atoms with van der Waals surface area (Å²) in [5.74, 6) is 0.745. The van der Waals surface area contributed by atoms with Crippen molar-refractivity contribution in [3.8, 4) is 0 Å². The van der Waals surface area contributed by atoms with Gasteiger partial charge in [-0.1, -0.05) is 101 Å². The lowest BCUT2D eigenvalue weighted by Crippen LogP contribution is -2.00. The van der Waals surface area contributed by atoms with Crippen molar-refractivity contribution >= 4 is 0 Å². The van der Waals surface area contributed by atoms with Gasteiger partial charge >= 0.3 is 0 Å². The summed E-state index contributed by atoms with van der Waals surface area (Å²) in [5.41, 5.74) is 2.91. The van der Waals surface area contributed by atoms with Crippen LogP contribution in [0.4, 0.5) is 0 Å². The molecular formula is C24H40. The first-order valence-corrected chi connectivity index (χ1v) is 10.5. The maximum absolute atomic E-state index is 3.86. The Kier molecular flexibility index (Phi) is 12.5. The SMILES string of the molecule is C=CCCC[C@@H](CCCCCCCCCCC)c1ccc(C)cc1. The molecule has 0 saturated heterocycles. The molecule has 0 aromatic heterocycles. The van der Waals surface area contributed by atoms with Gasteiger partial charge in [0.05, 0.1) is 0 Å². The second-order valence-electron chi connectivity index (χ2n) is 7.44. The quantitative estimate of drug-likeness (QED) is 0.224. The fourth-order valence-electron chi connectivity index (χ4n) is 3.53. The molecule has 0 saturated carbocycles. The molecule has 0 aliphatic heterocycles. The molecule has 0 heterocycles. The Balaban J connectivity index is 2.24. The molecule has 0 amide bonds. The van der Waals surface area contributed by atoms with E-state index in [1.165, 1.54) is 82.6 Å². The summed E-state index contributed by atoms with van der Waals surface area (Å²) in [6, 6.07) is 9.24. The van der Waals surface area contributed by atoms with Crippen LogP contribution in [0.25, 0.3) is 0 Å². The molecule has 1 aromatic carbocycles. The van der Waals surface area contributed by atoms with E-state index >= 15 is 0 Å². The van der Waals surface area contributed by atoms with Crippen LogP contribution in [0.5, 0.6) is 0 Å². The standard InChI is InChI=1S/C24H40/c1-4-6-8-9-10-11-12-13-15-17-23(16-14-7-5-2)24-20-18-22(3)19-21-24/h5,18-21,23H,2,4,6-17H2,1,3H3/t23-/m0/s1. The van der Waals surface area contributed by atoms with E-state index in [0.717, 1.165) is 12.3 Å². The van der Waals surface area contributed by atoms with E-state index in [1.54, 1.807) is 5.56 Å². The van der Waals surface area contributed by atoms with Crippen molar-refractivity contribution in [3.63, 3.8) is 0 Å². The van der Waals surface area contributed by atoms with E-state index in [1.807, 2.05) is 0 Å². The molecular weight excluding hydrogens is 288 g/mol. The van der Waals surface area contributed by atoms with Crippen LogP contribution in [0.3, 0.4) is 0 Å². The van der Waals surface area contributed by atoms with Crippen molar-refractivity contribution in [2.75, 3.05) is 0 Å². The zero-order valence-electron chi connectivity index (χ0n) is 16.4. The van der Waals surface area contributed by atoms with E-state index in [4.69, 9.17) is 0 Å². The smallest absolute Gasteiger partial charge is 0.0162 e. The molecule has 0 nitrogen and oxygen atoms in total. The maximum Gasteiger partial charge on any atom is -0.0162 e. The highest BCUT2D eigenvalue weighted by molar-refractivity contribution is 5.24. The van der Waals surface area contributed by atoms with E-state index in [0.29, 0.717) is 0 Å². The maximum atomic E-state index is 3.86. The van der Waals surface area contributed by atoms with E-state index < -0.39 is 0 Å². The highest BCUT2D eigenvalue weighted by atomic mass is 14.2. The molecule has 136 valence electrons. The first kappa shape index (κ1) is 21.0. The van der Waals surface area contributed by atoms with Gasteiger partial charge in [-0.05, 0) is 44.1 Å². The summed E-state index contributed by atoms with van der Waals surface area (Å²) in [5, 5.41) is 0. The Morgan fingerprint density at radius 3 is 1.92 bits per heavy atom. The molecule has 0 bridgehead atoms. The number of aryl methyl sites for hydroxylation is 1. The van der Waals surface area contributed by atoms with Gasteiger partial charge in [0.2, 0.25) is 0 Å². The van der Waals surface area contributed by atoms with E-state index in [2.05, 4.69) is 50.8 Å². The highest BCUT2D eigenvalue weighted by Crippen LogP contribution is 2.28. The number of hydrogen-bond donors (Lipinski definition) is 0. The van der Waals surface area contributed by atoms with Crippen molar-refractivity contribution in [2.45, 2.75) is 103 Å². The molecule has 1 aromatic rings. The van der Waals surface area contributed by atoms with E-state index in [-0.39, 0.29) is 0 Å². The van der Waals surface area contributed by atoms with Crippen LogP contribution in [-0.4, -0.2) is 0 Å². The zero-order valence-corrected chi connectivity index (χ0v) is 16.4.